The van der Waals surface area contributed by atoms with Gasteiger partial charge in [0, 0.05) is 4.90 Å². The summed E-state index contributed by atoms with van der Waals surface area (Å²) in [7, 11) is 0. The summed E-state index contributed by atoms with van der Waals surface area (Å²) in [6.07, 6.45) is 0.112. The Kier molecular flexibility index (Phi) is 2.99. The second kappa shape index (κ2) is 4.24. The summed E-state index contributed by atoms with van der Waals surface area (Å²) < 4.78 is 11.3. The van der Waals surface area contributed by atoms with Crippen LogP contribution in [-0.2, 0) is 4.74 Å². The molecule has 1 heterocycles. The molecule has 0 radical (unpaired) electrons. The van der Waals surface area contributed by atoms with Crippen LogP contribution < -0.4 is 4.74 Å². The highest BCUT2D eigenvalue weighted by Gasteiger charge is 2.20. The Hall–Kier alpha value is -0.670. The van der Waals surface area contributed by atoms with Gasteiger partial charge in [-0.2, -0.15) is 0 Å². The Labute approximate surface area is 88.6 Å². The Morgan fingerprint density at radius 2 is 2.21 bits per heavy atom. The van der Waals surface area contributed by atoms with Gasteiger partial charge in [-0.3, -0.25) is 0 Å². The third-order valence-electron chi connectivity index (χ3n) is 1.91. The van der Waals surface area contributed by atoms with Crippen molar-refractivity contribution < 1.29 is 9.47 Å². The lowest BCUT2D eigenvalue weighted by Gasteiger charge is -2.26. The molecule has 2 nitrogen and oxygen atoms in total. The molecule has 1 aliphatic rings. The average Bonchev–Trinajstić information content (AvgIpc) is 2.17. The molecule has 0 spiro atoms. The first-order valence-electron chi connectivity index (χ1n) is 4.79. The molecule has 2 rings (SSSR count). The van der Waals surface area contributed by atoms with Gasteiger partial charge >= 0.3 is 0 Å². The molecule has 1 aromatic rings. The lowest BCUT2D eigenvalue weighted by Crippen LogP contribution is -2.29. The summed E-state index contributed by atoms with van der Waals surface area (Å²) in [5, 5.41) is 0. The van der Waals surface area contributed by atoms with E-state index in [0.29, 0.717) is 0 Å². The van der Waals surface area contributed by atoms with Gasteiger partial charge in [0.1, 0.15) is 5.75 Å². The molecule has 0 aromatic heterocycles. The van der Waals surface area contributed by atoms with Crippen molar-refractivity contribution in [3.8, 4) is 5.75 Å². The smallest absolute Gasteiger partial charge is 0.209 e. The number of rotatable bonds is 2. The Bertz CT molecular complexity index is 312. The van der Waals surface area contributed by atoms with E-state index in [0.717, 1.165) is 11.5 Å². The van der Waals surface area contributed by atoms with E-state index >= 15 is 0 Å². The molecule has 76 valence electrons. The van der Waals surface area contributed by atoms with Gasteiger partial charge in [0.05, 0.1) is 11.9 Å². The van der Waals surface area contributed by atoms with Gasteiger partial charge in [-0.05, 0) is 26.0 Å². The number of hydrogen-bond donors (Lipinski definition) is 0. The molecule has 1 atom stereocenters. The van der Waals surface area contributed by atoms with Gasteiger partial charge < -0.3 is 9.47 Å². The number of thioether (sulfide) groups is 1. The first-order chi connectivity index (χ1) is 6.75. The maximum atomic E-state index is 5.70. The van der Waals surface area contributed by atoms with Crippen molar-refractivity contribution in [2.24, 2.45) is 0 Å². The van der Waals surface area contributed by atoms with Crippen LogP contribution in [0.25, 0.3) is 0 Å². The first-order valence-corrected chi connectivity index (χ1v) is 5.78. The number of ether oxygens (including phenoxy) is 2. The van der Waals surface area contributed by atoms with E-state index in [9.17, 15) is 0 Å². The second-order valence-electron chi connectivity index (χ2n) is 3.49. The average molecular weight is 210 g/mol. The number of fused-ring (bicyclic) bond motifs is 1. The minimum Gasteiger partial charge on any atom is -0.463 e. The third-order valence-corrected chi connectivity index (χ3v) is 2.99. The zero-order valence-corrected chi connectivity index (χ0v) is 9.21. The quantitative estimate of drug-likeness (QED) is 0.747. The Morgan fingerprint density at radius 3 is 3.00 bits per heavy atom. The third kappa shape index (κ3) is 2.22. The van der Waals surface area contributed by atoms with E-state index in [1.54, 1.807) is 11.8 Å². The molecule has 0 aliphatic carbocycles. The summed E-state index contributed by atoms with van der Waals surface area (Å²) >= 11 is 1.79. The van der Waals surface area contributed by atoms with Gasteiger partial charge in [0.25, 0.3) is 0 Å². The fourth-order valence-corrected chi connectivity index (χ4v) is 2.27. The van der Waals surface area contributed by atoms with Gasteiger partial charge in [-0.15, -0.1) is 11.8 Å². The fraction of sp³-hybridized carbons (Fsp3) is 0.455. The van der Waals surface area contributed by atoms with E-state index in [2.05, 4.69) is 6.07 Å². The molecule has 3 heteroatoms. The highest BCUT2D eigenvalue weighted by Crippen LogP contribution is 2.35. The van der Waals surface area contributed by atoms with Crippen LogP contribution in [-0.4, -0.2) is 18.1 Å². The predicted octanol–water partition coefficient (Wildman–Crippen LogP) is 2.92. The maximum Gasteiger partial charge on any atom is 0.209 e. The number of hydrogen-bond acceptors (Lipinski definition) is 3. The number of benzene rings is 1. The van der Waals surface area contributed by atoms with Crippen molar-refractivity contribution in [2.45, 2.75) is 31.1 Å². The van der Waals surface area contributed by atoms with Gasteiger partial charge in [0.15, 0.2) is 0 Å². The monoisotopic (exact) mass is 210 g/mol. The van der Waals surface area contributed by atoms with Crippen LogP contribution in [0.3, 0.4) is 0 Å². The highest BCUT2D eigenvalue weighted by molar-refractivity contribution is 7.99. The SMILES string of the molecule is CC(C)OC1CSc2ccccc2O1. The Balaban J connectivity index is 2.06. The maximum absolute atomic E-state index is 5.70. The zero-order valence-electron chi connectivity index (χ0n) is 8.40. The van der Waals surface area contributed by atoms with Crippen LogP contribution in [0.5, 0.6) is 5.75 Å². The van der Waals surface area contributed by atoms with Crippen molar-refractivity contribution >= 4 is 11.8 Å². The Morgan fingerprint density at radius 1 is 1.43 bits per heavy atom. The zero-order chi connectivity index (χ0) is 9.97. The molecule has 0 bridgehead atoms. The standard InChI is InChI=1S/C11H14O2S/c1-8(2)12-11-7-14-10-6-4-3-5-9(10)13-11/h3-6,8,11H,7H2,1-2H3. The highest BCUT2D eigenvalue weighted by atomic mass is 32.2. The normalized spacial score (nSPS) is 20.4. The molecule has 0 saturated carbocycles. The van der Waals surface area contributed by atoms with Crippen LogP contribution in [0.1, 0.15) is 13.8 Å². The summed E-state index contributed by atoms with van der Waals surface area (Å²) in [6, 6.07) is 8.07. The molecular formula is C11H14O2S. The molecule has 14 heavy (non-hydrogen) atoms. The first kappa shape index (κ1) is 9.87. The lowest BCUT2D eigenvalue weighted by atomic mass is 10.3. The van der Waals surface area contributed by atoms with E-state index in [4.69, 9.17) is 9.47 Å². The van der Waals surface area contributed by atoms with Crippen LogP contribution >= 0.6 is 11.8 Å². The van der Waals surface area contributed by atoms with E-state index in [1.807, 2.05) is 32.0 Å². The lowest BCUT2D eigenvalue weighted by molar-refractivity contribution is -0.0949. The topological polar surface area (TPSA) is 18.5 Å². The molecule has 0 amide bonds. The number of para-hydroxylation sites is 1. The van der Waals surface area contributed by atoms with Gasteiger partial charge in [-0.1, -0.05) is 12.1 Å². The summed E-state index contributed by atoms with van der Waals surface area (Å²) in [5.74, 6) is 1.81. The fourth-order valence-electron chi connectivity index (χ4n) is 1.37. The van der Waals surface area contributed by atoms with E-state index in [1.165, 1.54) is 4.90 Å². The van der Waals surface area contributed by atoms with E-state index < -0.39 is 0 Å². The van der Waals surface area contributed by atoms with Crippen molar-refractivity contribution in [2.75, 3.05) is 5.75 Å². The summed E-state index contributed by atoms with van der Waals surface area (Å²) in [5.41, 5.74) is 0. The summed E-state index contributed by atoms with van der Waals surface area (Å²) in [6.45, 7) is 4.04. The van der Waals surface area contributed by atoms with Crippen molar-refractivity contribution in [1.29, 1.82) is 0 Å². The van der Waals surface area contributed by atoms with Crippen molar-refractivity contribution in [3.63, 3.8) is 0 Å². The minimum absolute atomic E-state index is 0.102. The second-order valence-corrected chi connectivity index (χ2v) is 4.55. The molecule has 0 fully saturated rings. The van der Waals surface area contributed by atoms with Crippen LogP contribution in [0.15, 0.2) is 29.2 Å². The van der Waals surface area contributed by atoms with Crippen molar-refractivity contribution in [3.05, 3.63) is 24.3 Å². The summed E-state index contributed by atoms with van der Waals surface area (Å²) in [4.78, 5) is 1.20. The van der Waals surface area contributed by atoms with Crippen LogP contribution in [0, 0.1) is 0 Å². The largest absolute Gasteiger partial charge is 0.463 e. The van der Waals surface area contributed by atoms with Crippen molar-refractivity contribution in [1.82, 2.24) is 0 Å². The van der Waals surface area contributed by atoms with E-state index in [-0.39, 0.29) is 12.4 Å². The molecule has 1 unspecified atom stereocenters. The molecule has 0 saturated heterocycles. The molecule has 0 N–H and O–H groups in total. The molecule has 1 aromatic carbocycles. The predicted molar refractivity (Wildman–Crippen MR) is 57.8 cm³/mol. The minimum atomic E-state index is -0.102. The van der Waals surface area contributed by atoms with Crippen LogP contribution in [0.2, 0.25) is 0 Å². The van der Waals surface area contributed by atoms with Gasteiger partial charge in [0.2, 0.25) is 6.29 Å². The molecular weight excluding hydrogens is 196 g/mol. The van der Waals surface area contributed by atoms with Gasteiger partial charge in [-0.25, -0.2) is 0 Å². The molecule has 1 aliphatic heterocycles. The van der Waals surface area contributed by atoms with Crippen LogP contribution in [0.4, 0.5) is 0 Å².